The van der Waals surface area contributed by atoms with Gasteiger partial charge in [-0.05, 0) is 116 Å². The van der Waals surface area contributed by atoms with Crippen LogP contribution in [0, 0.1) is 0 Å². The number of unbranched alkanes of at least 4 members (excludes halogenated alkanes) is 18. The molecule has 1 heterocycles. The molecular formula is C63H102O12. The third kappa shape index (κ3) is 40.6. The SMILES string of the molecule is CC/C=C\C/C=C\C/C=C\CCCCCC(=O)OCC(COC1OC(C(=O)O)C(O)C(O)C1OC(=O)CCCCCCCCCCC/C=C\C/C=C\CCCCC)OC(=O)CCCCC/C=C\C/C=C\C/C=C\CC. The van der Waals surface area contributed by atoms with Crippen molar-refractivity contribution in [1.82, 2.24) is 0 Å². The number of carboxylic acids is 1. The highest BCUT2D eigenvalue weighted by Gasteiger charge is 2.50. The van der Waals surface area contributed by atoms with Crippen molar-refractivity contribution in [2.75, 3.05) is 13.2 Å². The van der Waals surface area contributed by atoms with E-state index in [9.17, 15) is 34.5 Å². The van der Waals surface area contributed by atoms with Gasteiger partial charge in [0.05, 0.1) is 6.61 Å². The zero-order chi connectivity index (χ0) is 54.7. The summed E-state index contributed by atoms with van der Waals surface area (Å²) in [5.74, 6) is -3.21. The predicted molar refractivity (Wildman–Crippen MR) is 303 cm³/mol. The Morgan fingerprint density at radius 2 is 0.840 bits per heavy atom. The molecule has 0 radical (unpaired) electrons. The van der Waals surface area contributed by atoms with Crippen LogP contribution in [-0.4, -0.2) is 89.2 Å². The molecule has 75 heavy (non-hydrogen) atoms. The fourth-order valence-electron chi connectivity index (χ4n) is 8.19. The van der Waals surface area contributed by atoms with Gasteiger partial charge in [-0.1, -0.05) is 189 Å². The Bertz CT molecular complexity index is 1670. The van der Waals surface area contributed by atoms with Gasteiger partial charge < -0.3 is 39.0 Å². The largest absolute Gasteiger partial charge is 0.479 e. The molecule has 12 heteroatoms. The Balaban J connectivity index is 2.70. The van der Waals surface area contributed by atoms with E-state index in [1.165, 1.54) is 51.4 Å². The molecule has 1 aliphatic rings. The molecule has 0 aliphatic carbocycles. The number of ether oxygens (including phenoxy) is 5. The van der Waals surface area contributed by atoms with Crippen molar-refractivity contribution < 1.29 is 58.2 Å². The van der Waals surface area contributed by atoms with Gasteiger partial charge >= 0.3 is 23.9 Å². The number of carboxylic acid groups (broad SMARTS) is 1. The number of rotatable bonds is 48. The number of aliphatic hydroxyl groups excluding tert-OH is 2. The summed E-state index contributed by atoms with van der Waals surface area (Å²) in [6.45, 7) is 5.68. The van der Waals surface area contributed by atoms with Crippen LogP contribution in [-0.2, 0) is 42.9 Å². The van der Waals surface area contributed by atoms with Crippen molar-refractivity contribution in [2.45, 2.75) is 263 Å². The summed E-state index contributed by atoms with van der Waals surface area (Å²) >= 11 is 0. The lowest BCUT2D eigenvalue weighted by atomic mass is 9.98. The van der Waals surface area contributed by atoms with Gasteiger partial charge in [0.2, 0.25) is 0 Å². The molecule has 0 aromatic rings. The first-order valence-electron chi connectivity index (χ1n) is 29.2. The molecule has 0 saturated carbocycles. The van der Waals surface area contributed by atoms with Crippen LogP contribution in [0.3, 0.4) is 0 Å². The quantitative estimate of drug-likeness (QED) is 0.0228. The maximum absolute atomic E-state index is 13.1. The number of aliphatic carboxylic acids is 1. The smallest absolute Gasteiger partial charge is 0.335 e. The highest BCUT2D eigenvalue weighted by molar-refractivity contribution is 5.74. The normalized spacial score (nSPS) is 18.9. The monoisotopic (exact) mass is 1050 g/mol. The van der Waals surface area contributed by atoms with Crippen molar-refractivity contribution >= 4 is 23.9 Å². The van der Waals surface area contributed by atoms with Crippen LogP contribution < -0.4 is 0 Å². The molecular weight excluding hydrogens is 949 g/mol. The number of hydrogen-bond acceptors (Lipinski definition) is 11. The Labute approximate surface area is 453 Å². The average Bonchev–Trinajstić information content (AvgIpc) is 3.39. The van der Waals surface area contributed by atoms with Crippen LogP contribution in [0.2, 0.25) is 0 Å². The molecule has 0 bridgehead atoms. The molecule has 3 N–H and O–H groups in total. The molecule has 426 valence electrons. The van der Waals surface area contributed by atoms with Crippen LogP contribution in [0.5, 0.6) is 0 Å². The number of allylic oxidation sites excluding steroid dienone is 16. The zero-order valence-electron chi connectivity index (χ0n) is 46.8. The first-order valence-corrected chi connectivity index (χ1v) is 29.2. The van der Waals surface area contributed by atoms with E-state index in [1.807, 2.05) is 0 Å². The number of esters is 3. The summed E-state index contributed by atoms with van der Waals surface area (Å²) in [7, 11) is 0. The fourth-order valence-corrected chi connectivity index (χ4v) is 8.19. The minimum atomic E-state index is -1.92. The molecule has 1 rings (SSSR count). The highest BCUT2D eigenvalue weighted by atomic mass is 16.7. The number of hydrogen-bond donors (Lipinski definition) is 3. The Morgan fingerprint density at radius 3 is 1.29 bits per heavy atom. The van der Waals surface area contributed by atoms with E-state index in [2.05, 4.69) is 118 Å². The Hall–Kier alpha value is -4.36. The molecule has 0 aromatic carbocycles. The summed E-state index contributed by atoms with van der Waals surface area (Å²) in [6.07, 6.45) is 53.8. The van der Waals surface area contributed by atoms with E-state index in [4.69, 9.17) is 23.7 Å². The van der Waals surface area contributed by atoms with Crippen molar-refractivity contribution in [3.8, 4) is 0 Å². The minimum absolute atomic E-state index is 0.0449. The second kappa shape index (κ2) is 50.5. The molecule has 0 spiro atoms. The van der Waals surface area contributed by atoms with Gasteiger partial charge in [0.15, 0.2) is 24.6 Å². The predicted octanol–water partition coefficient (Wildman–Crippen LogP) is 14.9. The van der Waals surface area contributed by atoms with Gasteiger partial charge in [-0.25, -0.2) is 4.79 Å². The highest BCUT2D eigenvalue weighted by Crippen LogP contribution is 2.26. The van der Waals surface area contributed by atoms with E-state index < -0.39 is 67.3 Å². The van der Waals surface area contributed by atoms with Crippen molar-refractivity contribution in [3.05, 3.63) is 97.2 Å². The average molecular weight is 1050 g/mol. The van der Waals surface area contributed by atoms with E-state index in [0.717, 1.165) is 116 Å². The minimum Gasteiger partial charge on any atom is -0.479 e. The lowest BCUT2D eigenvalue weighted by Crippen LogP contribution is -2.61. The number of carbonyl (C=O) groups excluding carboxylic acids is 3. The fraction of sp³-hybridized carbons (Fsp3) is 0.683. The number of aliphatic hydroxyl groups is 2. The molecule has 0 aromatic heterocycles. The summed E-state index contributed by atoms with van der Waals surface area (Å²) in [6, 6.07) is 0. The third-order valence-electron chi connectivity index (χ3n) is 12.6. The van der Waals surface area contributed by atoms with Crippen molar-refractivity contribution in [2.24, 2.45) is 0 Å². The van der Waals surface area contributed by atoms with Gasteiger partial charge in [-0.15, -0.1) is 0 Å². The second-order valence-electron chi connectivity index (χ2n) is 19.5. The van der Waals surface area contributed by atoms with Crippen molar-refractivity contribution in [3.63, 3.8) is 0 Å². The topological polar surface area (TPSA) is 175 Å². The number of carbonyl (C=O) groups is 4. The van der Waals surface area contributed by atoms with E-state index in [1.54, 1.807) is 0 Å². The van der Waals surface area contributed by atoms with Gasteiger partial charge in [-0.3, -0.25) is 14.4 Å². The van der Waals surface area contributed by atoms with Crippen LogP contribution in [0.1, 0.15) is 226 Å². The van der Waals surface area contributed by atoms with Crippen LogP contribution >= 0.6 is 0 Å². The van der Waals surface area contributed by atoms with Crippen LogP contribution in [0.15, 0.2) is 97.2 Å². The first-order chi connectivity index (χ1) is 36.6. The second-order valence-corrected chi connectivity index (χ2v) is 19.5. The molecule has 1 aliphatic heterocycles. The molecule has 0 amide bonds. The van der Waals surface area contributed by atoms with Crippen LogP contribution in [0.4, 0.5) is 0 Å². The lowest BCUT2D eigenvalue weighted by Gasteiger charge is -2.40. The third-order valence-corrected chi connectivity index (χ3v) is 12.6. The standard InChI is InChI=1S/C63H102O12/c1-4-7-10-13-16-19-22-25-26-27-28-29-30-33-36-39-42-45-48-51-57(66)74-61-59(68)58(67)60(62(69)70)75-63(61)72-53-54(73-56(65)50-47-44-41-38-35-32-24-21-18-15-12-9-6-3)52-71-55(64)49-46-43-40-37-34-31-23-20-17-14-11-8-5-2/h8-9,11-12,16-21,25-26,31-32,34-35,54,58-61,63,67-68H,4-7,10,13-15,22-24,27-30,33,36-53H2,1-3H3,(H,69,70)/b11-8-,12-9-,19-16-,20-17-,21-18-,26-25-,34-31-,35-32-. The summed E-state index contributed by atoms with van der Waals surface area (Å²) in [5, 5.41) is 31.5. The summed E-state index contributed by atoms with van der Waals surface area (Å²) in [5.41, 5.74) is 0. The summed E-state index contributed by atoms with van der Waals surface area (Å²) in [4.78, 5) is 51.1. The van der Waals surface area contributed by atoms with Gasteiger partial charge in [0.1, 0.15) is 18.8 Å². The molecule has 6 unspecified atom stereocenters. The lowest BCUT2D eigenvalue weighted by molar-refractivity contribution is -0.301. The zero-order valence-corrected chi connectivity index (χ0v) is 46.8. The summed E-state index contributed by atoms with van der Waals surface area (Å²) < 4.78 is 28.3. The Kier molecular flexibility index (Phi) is 46.2. The van der Waals surface area contributed by atoms with E-state index in [-0.39, 0.29) is 25.9 Å². The van der Waals surface area contributed by atoms with Gasteiger partial charge in [0.25, 0.3) is 0 Å². The maximum atomic E-state index is 13.1. The van der Waals surface area contributed by atoms with E-state index >= 15 is 0 Å². The molecule has 12 nitrogen and oxygen atoms in total. The Morgan fingerprint density at radius 1 is 0.453 bits per heavy atom. The molecule has 1 saturated heterocycles. The molecule has 6 atom stereocenters. The maximum Gasteiger partial charge on any atom is 0.335 e. The van der Waals surface area contributed by atoms with E-state index in [0.29, 0.717) is 19.3 Å². The van der Waals surface area contributed by atoms with Crippen LogP contribution in [0.25, 0.3) is 0 Å². The van der Waals surface area contributed by atoms with Crippen molar-refractivity contribution in [1.29, 1.82) is 0 Å². The molecule has 1 fully saturated rings. The van der Waals surface area contributed by atoms with Gasteiger partial charge in [0, 0.05) is 19.3 Å². The van der Waals surface area contributed by atoms with Gasteiger partial charge in [-0.2, -0.15) is 0 Å². The first kappa shape index (κ1) is 68.7.